The summed E-state index contributed by atoms with van der Waals surface area (Å²) in [5.74, 6) is 1.35. The first-order chi connectivity index (χ1) is 22.6. The van der Waals surface area contributed by atoms with Crippen LogP contribution in [0.25, 0.3) is 6.08 Å². The maximum atomic E-state index is 13.7. The number of nitrogens with zero attached hydrogens (tertiary/aromatic N) is 2. The molecule has 3 aromatic carbocycles. The minimum absolute atomic E-state index is 0.0322. The lowest BCUT2D eigenvalue weighted by Crippen LogP contribution is -2.54. The summed E-state index contributed by atoms with van der Waals surface area (Å²) in [5, 5.41) is 13.4. The highest BCUT2D eigenvalue weighted by Gasteiger charge is 2.51. The Labute approximate surface area is 276 Å². The second kappa shape index (κ2) is 12.2. The zero-order valence-electron chi connectivity index (χ0n) is 25.9. The molecule has 47 heavy (non-hydrogen) atoms. The van der Waals surface area contributed by atoms with Gasteiger partial charge in [-0.2, -0.15) is 0 Å². The second-order valence-corrected chi connectivity index (χ2v) is 13.6. The van der Waals surface area contributed by atoms with Gasteiger partial charge in [0.15, 0.2) is 11.5 Å². The van der Waals surface area contributed by atoms with Crippen molar-refractivity contribution in [2.45, 2.75) is 57.5 Å². The van der Waals surface area contributed by atoms with Gasteiger partial charge in [-0.05, 0) is 128 Å². The Kier molecular flexibility index (Phi) is 8.00. The van der Waals surface area contributed by atoms with Gasteiger partial charge in [0.25, 0.3) is 17.5 Å². The number of amides is 4. The fourth-order valence-electron chi connectivity index (χ4n) is 8.43. The van der Waals surface area contributed by atoms with Crippen molar-refractivity contribution >= 4 is 46.9 Å². The van der Waals surface area contributed by atoms with Crippen molar-refractivity contribution in [3.63, 3.8) is 0 Å². The summed E-state index contributed by atoms with van der Waals surface area (Å²) < 4.78 is 11.7. The molecule has 10 nitrogen and oxygen atoms in total. The topological polar surface area (TPSA) is 128 Å². The van der Waals surface area contributed by atoms with Crippen LogP contribution in [0.5, 0.6) is 11.5 Å². The predicted octanol–water partition coefficient (Wildman–Crippen LogP) is 7.36. The molecule has 5 aliphatic rings. The second-order valence-electron chi connectivity index (χ2n) is 13.2. The number of nitro benzene ring substituents is 1. The van der Waals surface area contributed by atoms with E-state index in [0.717, 1.165) is 22.7 Å². The number of halogens is 1. The van der Waals surface area contributed by atoms with Crippen LogP contribution in [0.15, 0.2) is 66.2 Å². The third-order valence-corrected chi connectivity index (χ3v) is 10.3. The van der Waals surface area contributed by atoms with Crippen LogP contribution in [0.2, 0.25) is 5.02 Å². The van der Waals surface area contributed by atoms with E-state index in [0.29, 0.717) is 16.8 Å². The summed E-state index contributed by atoms with van der Waals surface area (Å²) in [7, 11) is 0. The highest BCUT2D eigenvalue weighted by molar-refractivity contribution is 6.39. The van der Waals surface area contributed by atoms with Gasteiger partial charge in [-0.3, -0.25) is 25.0 Å². The van der Waals surface area contributed by atoms with Gasteiger partial charge in [0.1, 0.15) is 12.2 Å². The molecule has 0 unspecified atom stereocenters. The molecule has 4 amide bonds. The molecule has 0 spiro atoms. The number of carbonyl (C=O) groups is 3. The van der Waals surface area contributed by atoms with E-state index in [-0.39, 0.29) is 46.4 Å². The molecule has 0 atom stereocenters. The van der Waals surface area contributed by atoms with Crippen LogP contribution in [0, 0.1) is 27.9 Å². The van der Waals surface area contributed by atoms with E-state index < -0.39 is 22.8 Å². The molecule has 0 radical (unpaired) electrons. The summed E-state index contributed by atoms with van der Waals surface area (Å²) in [6.07, 6.45) is 9.02. The number of nitrogens with one attached hydrogen (secondary N) is 1. The Hall–Kier alpha value is -4.70. The summed E-state index contributed by atoms with van der Waals surface area (Å²) in [4.78, 5) is 51.0. The zero-order chi connectivity index (χ0) is 32.9. The van der Waals surface area contributed by atoms with Crippen molar-refractivity contribution in [2.24, 2.45) is 17.8 Å². The van der Waals surface area contributed by atoms with Crippen molar-refractivity contribution in [2.75, 3.05) is 11.5 Å². The highest BCUT2D eigenvalue weighted by atomic mass is 35.5. The lowest BCUT2D eigenvalue weighted by atomic mass is 9.48. The lowest BCUT2D eigenvalue weighted by Gasteiger charge is -2.57. The maximum absolute atomic E-state index is 13.7. The molecule has 1 heterocycles. The molecular formula is C36H34ClN3O7. The van der Waals surface area contributed by atoms with Gasteiger partial charge >= 0.3 is 6.03 Å². The molecule has 3 aromatic rings. The minimum Gasteiger partial charge on any atom is -0.490 e. The molecule has 1 aliphatic heterocycles. The Morgan fingerprint density at radius 2 is 1.60 bits per heavy atom. The van der Waals surface area contributed by atoms with Gasteiger partial charge in [-0.1, -0.05) is 23.7 Å². The average Bonchev–Trinajstić information content (AvgIpc) is 3.02. The van der Waals surface area contributed by atoms with Crippen LogP contribution in [-0.2, 0) is 21.6 Å². The lowest BCUT2D eigenvalue weighted by molar-refractivity contribution is -0.384. The molecule has 242 valence electrons. The first-order valence-electron chi connectivity index (χ1n) is 16.0. The first kappa shape index (κ1) is 30.9. The van der Waals surface area contributed by atoms with Crippen molar-refractivity contribution in [1.82, 2.24) is 5.32 Å². The van der Waals surface area contributed by atoms with E-state index in [1.165, 1.54) is 68.4 Å². The third kappa shape index (κ3) is 5.86. The fraction of sp³-hybridized carbons (Fsp3) is 0.361. The average molecular weight is 656 g/mol. The van der Waals surface area contributed by atoms with Gasteiger partial charge in [0.05, 0.1) is 22.2 Å². The Morgan fingerprint density at radius 3 is 2.19 bits per heavy atom. The number of carbonyl (C=O) groups excluding carboxylic acids is 3. The Balaban J connectivity index is 1.12. The largest absolute Gasteiger partial charge is 0.490 e. The van der Waals surface area contributed by atoms with Crippen LogP contribution in [0.4, 0.5) is 16.2 Å². The molecule has 4 saturated carbocycles. The van der Waals surface area contributed by atoms with Gasteiger partial charge in [0, 0.05) is 12.1 Å². The van der Waals surface area contributed by atoms with Crippen LogP contribution < -0.4 is 19.7 Å². The van der Waals surface area contributed by atoms with E-state index >= 15 is 0 Å². The molecule has 8 rings (SSSR count). The normalized spacial score (nSPS) is 25.7. The number of ether oxygens (including phenoxy) is 2. The molecule has 4 aliphatic carbocycles. The van der Waals surface area contributed by atoms with Crippen LogP contribution in [0.3, 0.4) is 0 Å². The first-order valence-corrected chi connectivity index (χ1v) is 16.3. The van der Waals surface area contributed by atoms with E-state index in [1.807, 2.05) is 12.1 Å². The van der Waals surface area contributed by atoms with Crippen molar-refractivity contribution < 1.29 is 28.8 Å². The SMILES string of the molecule is CCOc1cc(/C=C2\C(=O)NC(=O)N(c3ccc(C45CC6CC(CC(C6)C4)C5)cc3)C2=O)cc(Cl)c1OCc1ccc([N+](=O)[O-])cc1. The fourth-order valence-corrected chi connectivity index (χ4v) is 8.70. The highest BCUT2D eigenvalue weighted by Crippen LogP contribution is 2.60. The van der Waals surface area contributed by atoms with Crippen molar-refractivity contribution in [3.05, 3.63) is 98.1 Å². The van der Waals surface area contributed by atoms with Gasteiger partial charge in [-0.25, -0.2) is 9.69 Å². The summed E-state index contributed by atoms with van der Waals surface area (Å²) >= 11 is 6.59. The predicted molar refractivity (Wildman–Crippen MR) is 175 cm³/mol. The Bertz CT molecular complexity index is 1770. The quantitative estimate of drug-likeness (QED) is 0.110. The molecule has 4 bridgehead atoms. The molecule has 1 N–H and O–H groups in total. The Morgan fingerprint density at radius 1 is 0.957 bits per heavy atom. The smallest absolute Gasteiger partial charge is 0.335 e. The monoisotopic (exact) mass is 655 g/mol. The van der Waals surface area contributed by atoms with E-state index in [4.69, 9.17) is 21.1 Å². The number of non-ortho nitro benzene ring substituents is 1. The van der Waals surface area contributed by atoms with Crippen LogP contribution in [-0.4, -0.2) is 29.4 Å². The molecule has 0 aromatic heterocycles. The number of hydrogen-bond acceptors (Lipinski definition) is 7. The van der Waals surface area contributed by atoms with Crippen LogP contribution in [0.1, 0.15) is 62.1 Å². The van der Waals surface area contributed by atoms with Gasteiger partial charge in [-0.15, -0.1) is 0 Å². The van der Waals surface area contributed by atoms with Crippen LogP contribution >= 0.6 is 11.6 Å². The number of imide groups is 2. The van der Waals surface area contributed by atoms with E-state index in [9.17, 15) is 24.5 Å². The van der Waals surface area contributed by atoms with E-state index in [2.05, 4.69) is 5.32 Å². The summed E-state index contributed by atoms with van der Waals surface area (Å²) in [6, 6.07) is 16.0. The van der Waals surface area contributed by atoms with Gasteiger partial charge in [0.2, 0.25) is 0 Å². The molecular weight excluding hydrogens is 622 g/mol. The third-order valence-electron chi connectivity index (χ3n) is 10.1. The summed E-state index contributed by atoms with van der Waals surface area (Å²) in [6.45, 7) is 2.14. The number of rotatable bonds is 9. The number of nitro groups is 1. The zero-order valence-corrected chi connectivity index (χ0v) is 26.6. The minimum atomic E-state index is -0.811. The van der Waals surface area contributed by atoms with E-state index in [1.54, 1.807) is 37.3 Å². The maximum Gasteiger partial charge on any atom is 0.335 e. The number of barbiturate groups is 1. The molecule has 1 saturated heterocycles. The van der Waals surface area contributed by atoms with Gasteiger partial charge < -0.3 is 9.47 Å². The number of hydrogen-bond donors (Lipinski definition) is 1. The number of urea groups is 1. The molecule has 11 heteroatoms. The molecule has 5 fully saturated rings. The van der Waals surface area contributed by atoms with Crippen molar-refractivity contribution in [3.8, 4) is 11.5 Å². The van der Waals surface area contributed by atoms with Crippen molar-refractivity contribution in [1.29, 1.82) is 0 Å². The number of anilines is 1. The number of benzene rings is 3. The standard InChI is InChI=1S/C36H34ClN3O7/c1-2-46-31-16-22(15-30(37)32(31)47-20-21-3-7-28(8-4-21)40(44)45)14-29-33(41)38-35(43)39(34(29)42)27-9-5-26(6-10-27)36-17-23-11-24(18-36)13-25(12-23)19-36/h3-10,14-16,23-25H,2,11-13,17-20H2,1H3,(H,38,41,43)/b29-14+. The summed E-state index contributed by atoms with van der Waals surface area (Å²) in [5.41, 5.74) is 2.65.